The first-order valence-corrected chi connectivity index (χ1v) is 28.7. The summed E-state index contributed by atoms with van der Waals surface area (Å²) in [6.45, 7) is 0.674. The number of aliphatic hydroxyl groups is 5. The maximum atomic E-state index is 16.7. The van der Waals surface area contributed by atoms with E-state index in [1.807, 2.05) is 0 Å². The van der Waals surface area contributed by atoms with Crippen LogP contribution in [0.2, 0.25) is 0 Å². The Hall–Kier alpha value is -7.49. The van der Waals surface area contributed by atoms with Gasteiger partial charge in [-0.3, -0.25) is 33.7 Å². The molecule has 4 amide bonds. The van der Waals surface area contributed by atoms with Crippen LogP contribution < -0.4 is 24.0 Å². The average Bonchev–Trinajstić information content (AvgIpc) is 2.30. The molecular formula is C52H55FN8O20S2. The summed E-state index contributed by atoms with van der Waals surface area (Å²) >= 11 is 1.29. The third-order valence-corrected chi connectivity index (χ3v) is 17.0. The zero-order valence-electron chi connectivity index (χ0n) is 44.4. The zero-order chi connectivity index (χ0) is 59.6. The Labute approximate surface area is 474 Å². The van der Waals surface area contributed by atoms with Crippen LogP contribution in [0.5, 0.6) is 17.2 Å². The largest absolute Gasteiger partial charge is 0.501 e. The Bertz CT molecular complexity index is 3690. The van der Waals surface area contributed by atoms with Gasteiger partial charge in [0.2, 0.25) is 24.0 Å². The van der Waals surface area contributed by atoms with Gasteiger partial charge in [0, 0.05) is 65.7 Å². The van der Waals surface area contributed by atoms with Crippen LogP contribution in [0.3, 0.4) is 0 Å². The van der Waals surface area contributed by atoms with Crippen LogP contribution in [-0.2, 0) is 81.9 Å². The minimum atomic E-state index is -5.58. The molecule has 0 radical (unpaired) electrons. The second-order valence-electron chi connectivity index (χ2n) is 20.3. The number of rotatable bonds is 20. The normalized spacial score (nSPS) is 23.7. The molecule has 8 atom stereocenters. The summed E-state index contributed by atoms with van der Waals surface area (Å²) in [5.41, 5.74) is -1.27. The van der Waals surface area contributed by atoms with Gasteiger partial charge in [0.05, 0.1) is 67.2 Å². The number of hydrogen-bond donors (Lipinski definition) is 7. The second kappa shape index (κ2) is 22.9. The number of imide groups is 1. The van der Waals surface area contributed by atoms with Crippen molar-refractivity contribution < 1.29 is 94.8 Å². The van der Waals surface area contributed by atoms with Crippen molar-refractivity contribution in [2.75, 3.05) is 39.7 Å². The lowest BCUT2D eigenvalue weighted by Gasteiger charge is -2.38. The molecule has 3 aliphatic heterocycles. The third-order valence-electron chi connectivity index (χ3n) is 15.3. The van der Waals surface area contributed by atoms with E-state index >= 15 is 4.39 Å². The molecule has 7 N–H and O–H groups in total. The van der Waals surface area contributed by atoms with Crippen molar-refractivity contribution in [2.24, 2.45) is 0 Å². The lowest BCUT2D eigenvalue weighted by atomic mass is 9.77. The minimum Gasteiger partial charge on any atom is -0.479 e. The molecule has 31 heteroatoms. The number of hydrogen-bond acceptors (Lipinski definition) is 23. The van der Waals surface area contributed by atoms with E-state index < -0.39 is 117 Å². The number of carbonyl (C=O) groups excluding carboxylic acids is 5. The number of likely N-dealkylation sites (tertiary alicyclic amines) is 1. The summed E-state index contributed by atoms with van der Waals surface area (Å²) in [6.07, 6.45) is -7.65. The predicted molar refractivity (Wildman–Crippen MR) is 281 cm³/mol. The number of carboxylic acids is 1. The highest BCUT2D eigenvalue weighted by atomic mass is 32.3. The van der Waals surface area contributed by atoms with Gasteiger partial charge in [0.25, 0.3) is 11.5 Å². The first-order chi connectivity index (χ1) is 39.5. The van der Waals surface area contributed by atoms with Crippen molar-refractivity contribution in [2.45, 2.75) is 113 Å². The SMILES string of the molecule is CC[C@@]1(O)C(=O)CCc2c1cc1n(c2=O)Cc2c-1nc1cc(F)c(OS(=O)(=O)Oc3cc(C(=O)N(C)CCOCCn4cc(CN5C(=O)CC(SC)C5=O)nn4)ccc3O[C@@H]3O[C@H](C(=O)O)[C@@H](O)[C@H](O)[C@H]3O)c3c1c2C(NC(=O)CO)CC3. The molecule has 2 fully saturated rings. The maximum Gasteiger partial charge on any atom is 0.501 e. The molecule has 10 rings (SSSR count). The van der Waals surface area contributed by atoms with Crippen LogP contribution in [-0.4, -0.2) is 184 Å². The number of ketones is 1. The van der Waals surface area contributed by atoms with Crippen molar-refractivity contribution in [3.63, 3.8) is 0 Å². The third kappa shape index (κ3) is 10.9. The van der Waals surface area contributed by atoms with E-state index in [0.29, 0.717) is 11.3 Å². The smallest absolute Gasteiger partial charge is 0.479 e. The Morgan fingerprint density at radius 3 is 2.47 bits per heavy atom. The van der Waals surface area contributed by atoms with E-state index in [9.17, 15) is 72.6 Å². The highest BCUT2D eigenvalue weighted by Crippen LogP contribution is 2.48. The van der Waals surface area contributed by atoms with Crippen LogP contribution in [0.15, 0.2) is 41.3 Å². The molecule has 2 aliphatic carbocycles. The summed E-state index contributed by atoms with van der Waals surface area (Å²) in [4.78, 5) is 97.8. The van der Waals surface area contributed by atoms with Crippen molar-refractivity contribution in [1.82, 2.24) is 39.7 Å². The summed E-state index contributed by atoms with van der Waals surface area (Å²) < 4.78 is 75.5. The van der Waals surface area contributed by atoms with Gasteiger partial charge in [-0.2, -0.15) is 11.8 Å². The van der Waals surface area contributed by atoms with Crippen molar-refractivity contribution in [3.05, 3.63) is 91.8 Å². The number of halogens is 1. The van der Waals surface area contributed by atoms with Crippen LogP contribution in [0.4, 0.5) is 4.39 Å². The number of pyridine rings is 2. The van der Waals surface area contributed by atoms with Crippen LogP contribution in [0, 0.1) is 5.82 Å². The summed E-state index contributed by atoms with van der Waals surface area (Å²) in [6, 6.07) is 4.39. The number of aliphatic hydroxyl groups excluding tert-OH is 4. The molecule has 5 aliphatic rings. The molecule has 6 heterocycles. The Kier molecular flexibility index (Phi) is 16.2. The number of aromatic nitrogens is 5. The summed E-state index contributed by atoms with van der Waals surface area (Å²) in [5.74, 6) is -8.14. The van der Waals surface area contributed by atoms with E-state index in [0.717, 1.165) is 29.2 Å². The van der Waals surface area contributed by atoms with Gasteiger partial charge in [0.15, 0.2) is 35.0 Å². The summed E-state index contributed by atoms with van der Waals surface area (Å²) in [7, 11) is -4.19. The van der Waals surface area contributed by atoms with E-state index in [4.69, 9.17) is 27.6 Å². The van der Waals surface area contributed by atoms with Gasteiger partial charge in [-0.1, -0.05) is 12.1 Å². The fourth-order valence-corrected chi connectivity index (χ4v) is 12.4. The topological polar surface area (TPSA) is 388 Å². The minimum absolute atomic E-state index is 0.0354. The van der Waals surface area contributed by atoms with Gasteiger partial charge in [-0.05, 0) is 61.8 Å². The monoisotopic (exact) mass is 1190 g/mol. The molecule has 0 bridgehead atoms. The number of benzene rings is 2. The van der Waals surface area contributed by atoms with Gasteiger partial charge in [-0.15, -0.1) is 13.5 Å². The fraction of sp³-hybridized carbons (Fsp3) is 0.462. The van der Waals surface area contributed by atoms with Gasteiger partial charge in [0.1, 0.15) is 36.2 Å². The number of aliphatic carboxylic acids is 1. The number of carbonyl (C=O) groups is 6. The molecule has 0 saturated carbocycles. The molecule has 2 aromatic carbocycles. The van der Waals surface area contributed by atoms with Crippen LogP contribution in [0.25, 0.3) is 22.3 Å². The molecule has 0 spiro atoms. The van der Waals surface area contributed by atoms with Crippen molar-refractivity contribution >= 4 is 68.4 Å². The number of aryl methyl sites for hydroxylation is 1. The number of nitrogens with one attached hydrogen (secondary N) is 1. The van der Waals surface area contributed by atoms with E-state index in [1.54, 1.807) is 19.4 Å². The Morgan fingerprint density at radius 1 is 0.988 bits per heavy atom. The van der Waals surface area contributed by atoms with E-state index in [1.165, 1.54) is 39.0 Å². The molecule has 2 unspecified atom stereocenters. The van der Waals surface area contributed by atoms with E-state index in [2.05, 4.69) is 15.6 Å². The number of amides is 4. The molecule has 5 aromatic rings. The summed E-state index contributed by atoms with van der Waals surface area (Å²) in [5, 5.41) is 73.1. The first-order valence-electron chi connectivity index (χ1n) is 26.0. The molecule has 28 nitrogen and oxygen atoms in total. The lowest BCUT2D eigenvalue weighted by Crippen LogP contribution is -2.61. The highest BCUT2D eigenvalue weighted by molar-refractivity contribution is 8.00. The average molecular weight is 1200 g/mol. The molecule has 2 saturated heterocycles. The first kappa shape index (κ1) is 58.7. The number of carboxylic acid groups (broad SMARTS) is 1. The van der Waals surface area contributed by atoms with Crippen molar-refractivity contribution in [1.29, 1.82) is 0 Å². The standard InChI is InChI=1S/C52H55FN8O20S2/c1-4-52(74)28-16-32-41-27(21-60(32)48(70)25(28)7-10-36(52)63)40-30(54-37(64)22-62)8-6-26-39(40)31(55-41)17-29(53)45(26)81-83(75,76)80-34-15-23(5-9-33(34)78-51-44(68)42(66)43(67)46(79-51)50(72)73)47(69)58(2)11-13-77-14-12-59-19-24(56-57-59)20-61-38(65)18-35(82-3)49(61)71/h5,9,15-17,19,30,35,42-44,46,51,62,66-68,74H,4,6-8,10-14,18,20-22H2,1-3H3,(H,54,64)(H,72,73)/t30?,35?,42-,43-,44+,46-,51+,52-/m0/s1. The Balaban J connectivity index is 0.920. The van der Waals surface area contributed by atoms with Crippen molar-refractivity contribution in [3.8, 4) is 28.6 Å². The zero-order valence-corrected chi connectivity index (χ0v) is 46.1. The lowest BCUT2D eigenvalue weighted by molar-refractivity contribution is -0.271. The van der Waals surface area contributed by atoms with Crippen LogP contribution in [0.1, 0.15) is 82.5 Å². The van der Waals surface area contributed by atoms with Crippen LogP contribution >= 0.6 is 11.8 Å². The van der Waals surface area contributed by atoms with Gasteiger partial charge < -0.3 is 68.0 Å². The molecule has 442 valence electrons. The van der Waals surface area contributed by atoms with Gasteiger partial charge >= 0.3 is 16.4 Å². The number of fused-ring (bicyclic) bond motifs is 5. The number of Topliss-reactive ketones (excluding diaryl/α,β-unsaturated/α-hetero) is 1. The quantitative estimate of drug-likeness (QED) is 0.0360. The van der Waals surface area contributed by atoms with Gasteiger partial charge in [-0.25, -0.2) is 18.9 Å². The number of likely N-dealkylation sites (N-methyl/N-ethyl adjacent to an activating group) is 1. The number of nitrogens with zero attached hydrogens (tertiary/aromatic N) is 7. The number of thioether (sulfide) groups is 1. The van der Waals surface area contributed by atoms with E-state index in [-0.39, 0.29) is 140 Å². The predicted octanol–water partition coefficient (Wildman–Crippen LogP) is -0.883. The fourth-order valence-electron chi connectivity index (χ4n) is 11.0. The maximum absolute atomic E-state index is 16.7. The number of ether oxygens (including phenoxy) is 3. The second-order valence-corrected chi connectivity index (χ2v) is 22.5. The molecule has 3 aromatic heterocycles. The molecular weight excluding hydrogens is 1140 g/mol. The molecule has 83 heavy (non-hydrogen) atoms. The Morgan fingerprint density at radius 2 is 1.76 bits per heavy atom. The highest BCUT2D eigenvalue weighted by Gasteiger charge is 2.49.